The van der Waals surface area contributed by atoms with Crippen LogP contribution in [0.15, 0.2) is 36.4 Å². The Bertz CT molecular complexity index is 996. The van der Waals surface area contributed by atoms with Crippen molar-refractivity contribution in [2.45, 2.75) is 143 Å². The van der Waals surface area contributed by atoms with E-state index in [9.17, 15) is 30.0 Å². The number of hydrogen-bond donors (Lipinski definition) is 2. The number of carbonyl (C=O) groups is 2. The van der Waals surface area contributed by atoms with Gasteiger partial charge in [-0.15, -0.1) is 0 Å². The maximum absolute atomic E-state index is 10.8. The quantitative estimate of drug-likeness (QED) is 0.0960. The molecule has 0 unspecified atom stereocenters. The van der Waals surface area contributed by atoms with Crippen molar-refractivity contribution in [3.8, 4) is 11.5 Å². The van der Waals surface area contributed by atoms with Crippen LogP contribution in [0.25, 0.3) is 0 Å². The molecule has 0 radical (unpaired) electrons. The molecular formula is C38H58O6Zn. The molecule has 7 heteroatoms. The van der Waals surface area contributed by atoms with Crippen LogP contribution in [0.5, 0.6) is 11.5 Å². The molecule has 0 fully saturated rings. The van der Waals surface area contributed by atoms with Crippen LogP contribution in [0, 0.1) is 11.8 Å². The number of rotatable bonds is 22. The minimum Gasteiger partial charge on any atom is -0.545 e. The van der Waals surface area contributed by atoms with Gasteiger partial charge in [0.25, 0.3) is 0 Å². The van der Waals surface area contributed by atoms with Crippen LogP contribution in [-0.2, 0) is 32.3 Å². The smallest absolute Gasteiger partial charge is 0.545 e. The average Bonchev–Trinajstić information content (AvgIpc) is 2.96. The Balaban J connectivity index is 0.000000842. The summed E-state index contributed by atoms with van der Waals surface area (Å²) < 4.78 is 0. The van der Waals surface area contributed by atoms with E-state index in [0.717, 1.165) is 50.4 Å². The van der Waals surface area contributed by atoms with Crippen molar-refractivity contribution < 1.29 is 49.5 Å². The van der Waals surface area contributed by atoms with Crippen molar-refractivity contribution >= 4 is 11.9 Å². The van der Waals surface area contributed by atoms with E-state index in [2.05, 4.69) is 27.7 Å². The van der Waals surface area contributed by atoms with E-state index in [4.69, 9.17) is 0 Å². The molecule has 2 N–H and O–H groups in total. The molecular weight excluding hydrogens is 618 g/mol. The number of aromatic hydroxyl groups is 2. The van der Waals surface area contributed by atoms with Crippen molar-refractivity contribution in [2.24, 2.45) is 11.8 Å². The number of aromatic carboxylic acids is 2. The summed E-state index contributed by atoms with van der Waals surface area (Å²) in [5.41, 5.74) is 1.20. The zero-order valence-electron chi connectivity index (χ0n) is 28.6. The second kappa shape index (κ2) is 25.8. The Labute approximate surface area is 285 Å². The first-order valence-corrected chi connectivity index (χ1v) is 17.1. The number of unbranched alkanes of at least 4 members (excludes halogenated alkanes) is 12. The molecule has 248 valence electrons. The van der Waals surface area contributed by atoms with Gasteiger partial charge in [-0.25, -0.2) is 0 Å². The van der Waals surface area contributed by atoms with E-state index in [1.165, 1.54) is 89.2 Å². The minimum atomic E-state index is -1.32. The maximum Gasteiger partial charge on any atom is 2.00 e. The molecule has 0 spiro atoms. The standard InChI is InChI=1S/2C19H30O3.Zn/c2*1-15(2)11-8-6-4-3-5-7-9-12-16-13-10-14-17(18(16)20)19(21)22;/h2*10,13-15,20H,3-9,11-12H2,1-2H3,(H,21,22);/q;;+2/p-2. The maximum atomic E-state index is 10.8. The summed E-state index contributed by atoms with van der Waals surface area (Å²) in [4.78, 5) is 21.7. The van der Waals surface area contributed by atoms with Gasteiger partial charge in [-0.2, -0.15) is 0 Å². The van der Waals surface area contributed by atoms with Crippen molar-refractivity contribution in [1.82, 2.24) is 0 Å². The number of carbonyl (C=O) groups excluding carboxylic acids is 2. The Kier molecular flexibility index (Phi) is 24.4. The van der Waals surface area contributed by atoms with Crippen molar-refractivity contribution in [1.29, 1.82) is 0 Å². The van der Waals surface area contributed by atoms with E-state index in [1.807, 2.05) is 0 Å². The van der Waals surface area contributed by atoms with Gasteiger partial charge in [-0.1, -0.05) is 142 Å². The molecule has 0 heterocycles. The molecule has 0 aliphatic rings. The first-order valence-electron chi connectivity index (χ1n) is 17.1. The molecule has 0 saturated carbocycles. The molecule has 6 nitrogen and oxygen atoms in total. The number of benzene rings is 2. The van der Waals surface area contributed by atoms with Crippen LogP contribution in [0.1, 0.15) is 162 Å². The van der Waals surface area contributed by atoms with E-state index in [-0.39, 0.29) is 42.1 Å². The fraction of sp³-hybridized carbons (Fsp3) is 0.632. The first-order chi connectivity index (χ1) is 21.0. The third-order valence-electron chi connectivity index (χ3n) is 8.13. The van der Waals surface area contributed by atoms with Gasteiger partial charge in [-0.3, -0.25) is 0 Å². The van der Waals surface area contributed by atoms with Crippen LogP contribution in [0.3, 0.4) is 0 Å². The van der Waals surface area contributed by atoms with E-state index < -0.39 is 11.9 Å². The van der Waals surface area contributed by atoms with Gasteiger partial charge in [0.15, 0.2) is 0 Å². The van der Waals surface area contributed by atoms with Crippen LogP contribution < -0.4 is 10.2 Å². The predicted octanol–water partition coefficient (Wildman–Crippen LogP) is 8.15. The number of phenols is 2. The summed E-state index contributed by atoms with van der Waals surface area (Å²) in [7, 11) is 0. The number of aryl methyl sites for hydroxylation is 2. The molecule has 0 atom stereocenters. The Morgan fingerprint density at radius 2 is 0.822 bits per heavy atom. The summed E-state index contributed by atoms with van der Waals surface area (Å²) in [6.07, 6.45) is 21.2. The van der Waals surface area contributed by atoms with Crippen LogP contribution in [0.2, 0.25) is 0 Å². The largest absolute Gasteiger partial charge is 2.00 e. The minimum absolute atomic E-state index is 0. The van der Waals surface area contributed by atoms with Gasteiger partial charge in [0, 0.05) is 11.1 Å². The third kappa shape index (κ3) is 19.7. The molecule has 2 aromatic rings. The second-order valence-electron chi connectivity index (χ2n) is 13.0. The molecule has 45 heavy (non-hydrogen) atoms. The van der Waals surface area contributed by atoms with Crippen LogP contribution >= 0.6 is 0 Å². The zero-order valence-corrected chi connectivity index (χ0v) is 31.5. The Morgan fingerprint density at radius 1 is 0.533 bits per heavy atom. The molecule has 0 amide bonds. The fourth-order valence-corrected chi connectivity index (χ4v) is 5.42. The number of carboxylic acids is 2. The summed E-state index contributed by atoms with van der Waals surface area (Å²) >= 11 is 0. The van der Waals surface area contributed by atoms with E-state index >= 15 is 0 Å². The molecule has 0 aliphatic heterocycles. The van der Waals surface area contributed by atoms with Crippen molar-refractivity contribution in [3.05, 3.63) is 58.7 Å². The monoisotopic (exact) mass is 674 g/mol. The third-order valence-corrected chi connectivity index (χ3v) is 8.13. The molecule has 0 bridgehead atoms. The van der Waals surface area contributed by atoms with Crippen molar-refractivity contribution in [3.63, 3.8) is 0 Å². The summed E-state index contributed by atoms with van der Waals surface area (Å²) in [5.74, 6) is -1.28. The molecule has 0 saturated heterocycles. The number of carboxylic acid groups (broad SMARTS) is 2. The van der Waals surface area contributed by atoms with E-state index in [1.54, 1.807) is 24.3 Å². The number of hydrogen-bond acceptors (Lipinski definition) is 6. The normalized spacial score (nSPS) is 10.8. The first kappa shape index (κ1) is 42.6. The topological polar surface area (TPSA) is 121 Å². The summed E-state index contributed by atoms with van der Waals surface area (Å²) in [6.45, 7) is 9.07. The summed E-state index contributed by atoms with van der Waals surface area (Å²) in [5, 5.41) is 41.5. The molecule has 2 aromatic carbocycles. The fourth-order valence-electron chi connectivity index (χ4n) is 5.42. The average molecular weight is 676 g/mol. The van der Waals surface area contributed by atoms with Gasteiger partial charge in [0.1, 0.15) is 11.5 Å². The predicted molar refractivity (Wildman–Crippen MR) is 176 cm³/mol. The van der Waals surface area contributed by atoms with Crippen LogP contribution in [-0.4, -0.2) is 22.2 Å². The van der Waals surface area contributed by atoms with Gasteiger partial charge < -0.3 is 30.0 Å². The van der Waals surface area contributed by atoms with Gasteiger partial charge in [-0.05, 0) is 60.8 Å². The SMILES string of the molecule is CC(C)CCCCCCCCCc1cccc(C(=O)[O-])c1O.CC(C)CCCCCCCCCc1cccc(C(=O)[O-])c1O.[Zn+2]. The molecule has 2 rings (SSSR count). The molecule has 0 aromatic heterocycles. The van der Waals surface area contributed by atoms with Gasteiger partial charge in [0.05, 0.1) is 11.9 Å². The van der Waals surface area contributed by atoms with Crippen molar-refractivity contribution in [2.75, 3.05) is 0 Å². The van der Waals surface area contributed by atoms with Gasteiger partial charge >= 0.3 is 19.5 Å². The van der Waals surface area contributed by atoms with Crippen LogP contribution in [0.4, 0.5) is 0 Å². The number of para-hydroxylation sites is 2. The molecule has 0 aliphatic carbocycles. The zero-order chi connectivity index (χ0) is 32.7. The van der Waals surface area contributed by atoms with E-state index in [0.29, 0.717) is 11.1 Å². The second-order valence-corrected chi connectivity index (χ2v) is 13.0. The van der Waals surface area contributed by atoms with Gasteiger partial charge in [0.2, 0.25) is 0 Å². The summed E-state index contributed by atoms with van der Waals surface area (Å²) in [6, 6.07) is 9.65. The Hall–Kier alpha value is -2.40. The Morgan fingerprint density at radius 3 is 1.11 bits per heavy atom.